The van der Waals surface area contributed by atoms with Gasteiger partial charge in [-0.1, -0.05) is 17.3 Å². The van der Waals surface area contributed by atoms with Gasteiger partial charge in [-0.15, -0.1) is 24.0 Å². The summed E-state index contributed by atoms with van der Waals surface area (Å²) in [6, 6.07) is 7.68. The second-order valence-electron chi connectivity index (χ2n) is 6.00. The van der Waals surface area contributed by atoms with Crippen LogP contribution >= 0.6 is 24.0 Å². The van der Waals surface area contributed by atoms with Crippen LogP contribution in [0.3, 0.4) is 0 Å². The molecule has 0 radical (unpaired) electrons. The number of benzene rings is 1. The zero-order chi connectivity index (χ0) is 18.9. The van der Waals surface area contributed by atoms with Crippen LogP contribution in [0.4, 0.5) is 0 Å². The maximum atomic E-state index is 12.0. The molecule has 0 aliphatic rings. The van der Waals surface area contributed by atoms with E-state index in [1.807, 2.05) is 31.2 Å². The van der Waals surface area contributed by atoms with Crippen LogP contribution in [-0.2, 0) is 13.0 Å². The summed E-state index contributed by atoms with van der Waals surface area (Å²) < 4.78 is 4.94. The fraction of sp³-hybridized carbons (Fsp3) is 0.444. The first kappa shape index (κ1) is 22.9. The second kappa shape index (κ2) is 11.5. The Morgan fingerprint density at radius 3 is 2.70 bits per heavy atom. The average molecular weight is 486 g/mol. The first-order valence-corrected chi connectivity index (χ1v) is 8.61. The van der Waals surface area contributed by atoms with Crippen LogP contribution in [0.1, 0.15) is 34.6 Å². The third-order valence-corrected chi connectivity index (χ3v) is 3.58. The number of amides is 1. The number of halogens is 1. The van der Waals surface area contributed by atoms with E-state index in [4.69, 9.17) is 4.52 Å². The van der Waals surface area contributed by atoms with Gasteiger partial charge in [-0.2, -0.15) is 4.98 Å². The lowest BCUT2D eigenvalue weighted by Gasteiger charge is -2.13. The van der Waals surface area contributed by atoms with Crippen molar-refractivity contribution in [2.75, 3.05) is 27.2 Å². The van der Waals surface area contributed by atoms with Crippen molar-refractivity contribution in [2.24, 2.45) is 4.99 Å². The van der Waals surface area contributed by atoms with Crippen LogP contribution in [0.5, 0.6) is 0 Å². The number of aliphatic imine (C=N–C) groups is 1. The fourth-order valence-electron chi connectivity index (χ4n) is 2.34. The van der Waals surface area contributed by atoms with E-state index in [-0.39, 0.29) is 29.9 Å². The number of aryl methyl sites for hydroxylation is 1. The topological polar surface area (TPSA) is 95.6 Å². The monoisotopic (exact) mass is 486 g/mol. The third-order valence-electron chi connectivity index (χ3n) is 3.58. The summed E-state index contributed by atoms with van der Waals surface area (Å²) in [5.41, 5.74) is 1.79. The van der Waals surface area contributed by atoms with Crippen LogP contribution in [0.2, 0.25) is 0 Å². The van der Waals surface area contributed by atoms with Gasteiger partial charge in [0.1, 0.15) is 6.54 Å². The number of nitrogens with one attached hydrogen (secondary N) is 2. The van der Waals surface area contributed by atoms with E-state index in [1.54, 1.807) is 25.9 Å². The molecule has 2 rings (SSSR count). The van der Waals surface area contributed by atoms with Crippen molar-refractivity contribution in [3.05, 3.63) is 47.1 Å². The average Bonchev–Trinajstić information content (AvgIpc) is 3.04. The molecular weight excluding hydrogens is 459 g/mol. The Balaban J connectivity index is 0.00000364. The van der Waals surface area contributed by atoms with Gasteiger partial charge in [0.2, 0.25) is 5.89 Å². The predicted molar refractivity (Wildman–Crippen MR) is 115 cm³/mol. The summed E-state index contributed by atoms with van der Waals surface area (Å²) in [7, 11) is 3.50. The van der Waals surface area contributed by atoms with Crippen LogP contribution < -0.4 is 10.6 Å². The van der Waals surface area contributed by atoms with Crippen LogP contribution in [0.15, 0.2) is 33.8 Å². The van der Waals surface area contributed by atoms with Gasteiger partial charge < -0.3 is 20.1 Å². The number of hydrogen-bond donors (Lipinski definition) is 2. The minimum atomic E-state index is 0. The summed E-state index contributed by atoms with van der Waals surface area (Å²) in [5, 5.41) is 10.3. The van der Waals surface area contributed by atoms with E-state index in [0.717, 1.165) is 18.5 Å². The van der Waals surface area contributed by atoms with Gasteiger partial charge in [0.15, 0.2) is 11.8 Å². The van der Waals surface area contributed by atoms with Crippen molar-refractivity contribution in [3.8, 4) is 0 Å². The van der Waals surface area contributed by atoms with Gasteiger partial charge in [0, 0.05) is 39.7 Å². The smallest absolute Gasteiger partial charge is 0.253 e. The highest BCUT2D eigenvalue weighted by atomic mass is 127. The standard InChI is InChI=1S/C18H26N6O2.HI/c1-5-19-18(21-12-16-22-13(2)26-23-16)20-10-9-14-7-6-8-15(11-14)17(25)24(3)4;/h6-8,11H,5,9-10,12H2,1-4H3,(H2,19,20,21);1H. The molecule has 0 fully saturated rings. The molecule has 1 amide bonds. The maximum absolute atomic E-state index is 12.0. The normalized spacial score (nSPS) is 10.9. The largest absolute Gasteiger partial charge is 0.357 e. The van der Waals surface area contributed by atoms with Crippen molar-refractivity contribution in [1.29, 1.82) is 0 Å². The predicted octanol–water partition coefficient (Wildman–Crippen LogP) is 2.00. The molecular formula is C18H27IN6O2. The Morgan fingerprint density at radius 1 is 1.30 bits per heavy atom. The molecule has 9 heteroatoms. The highest BCUT2D eigenvalue weighted by Gasteiger charge is 2.08. The highest BCUT2D eigenvalue weighted by Crippen LogP contribution is 2.07. The number of guanidine groups is 1. The zero-order valence-corrected chi connectivity index (χ0v) is 18.5. The van der Waals surface area contributed by atoms with Crippen molar-refractivity contribution in [1.82, 2.24) is 25.7 Å². The zero-order valence-electron chi connectivity index (χ0n) is 16.2. The fourth-order valence-corrected chi connectivity index (χ4v) is 2.34. The quantitative estimate of drug-likeness (QED) is 0.353. The Bertz CT molecular complexity index is 760. The summed E-state index contributed by atoms with van der Waals surface area (Å²) in [5.74, 6) is 1.77. The van der Waals surface area contributed by atoms with E-state index in [2.05, 4.69) is 25.8 Å². The van der Waals surface area contributed by atoms with Crippen molar-refractivity contribution < 1.29 is 9.32 Å². The summed E-state index contributed by atoms with van der Waals surface area (Å²) in [4.78, 5) is 22.2. The van der Waals surface area contributed by atoms with Crippen molar-refractivity contribution in [3.63, 3.8) is 0 Å². The van der Waals surface area contributed by atoms with Gasteiger partial charge in [-0.05, 0) is 31.0 Å². The van der Waals surface area contributed by atoms with E-state index in [9.17, 15) is 4.79 Å². The third kappa shape index (κ3) is 7.53. The van der Waals surface area contributed by atoms with Gasteiger partial charge >= 0.3 is 0 Å². The lowest BCUT2D eigenvalue weighted by molar-refractivity contribution is 0.0827. The number of carbonyl (C=O) groups excluding carboxylic acids is 1. The number of aromatic nitrogens is 2. The Labute approximate surface area is 176 Å². The number of rotatable bonds is 7. The molecule has 1 aromatic carbocycles. The molecule has 0 unspecified atom stereocenters. The molecule has 148 valence electrons. The molecule has 0 bridgehead atoms. The van der Waals surface area contributed by atoms with E-state index < -0.39 is 0 Å². The lowest BCUT2D eigenvalue weighted by Crippen LogP contribution is -2.38. The Hall–Kier alpha value is -2.17. The van der Waals surface area contributed by atoms with Crippen molar-refractivity contribution in [2.45, 2.75) is 26.8 Å². The van der Waals surface area contributed by atoms with Gasteiger partial charge in [0.25, 0.3) is 5.91 Å². The first-order chi connectivity index (χ1) is 12.5. The van der Waals surface area contributed by atoms with Gasteiger partial charge in [-0.3, -0.25) is 4.79 Å². The van der Waals surface area contributed by atoms with E-state index in [1.165, 1.54) is 0 Å². The molecule has 0 aliphatic carbocycles. The molecule has 1 aromatic heterocycles. The molecule has 1 heterocycles. The second-order valence-corrected chi connectivity index (χ2v) is 6.00. The molecule has 0 saturated heterocycles. The molecule has 2 aromatic rings. The minimum absolute atomic E-state index is 0. The minimum Gasteiger partial charge on any atom is -0.357 e. The summed E-state index contributed by atoms with van der Waals surface area (Å²) in [6.45, 7) is 5.55. The summed E-state index contributed by atoms with van der Waals surface area (Å²) >= 11 is 0. The highest BCUT2D eigenvalue weighted by molar-refractivity contribution is 14.0. The number of nitrogens with zero attached hydrogens (tertiary/aromatic N) is 4. The molecule has 0 saturated carbocycles. The molecule has 0 atom stereocenters. The van der Waals surface area contributed by atoms with E-state index in [0.29, 0.717) is 36.3 Å². The van der Waals surface area contributed by atoms with Crippen LogP contribution in [0, 0.1) is 6.92 Å². The van der Waals surface area contributed by atoms with Gasteiger partial charge in [0.05, 0.1) is 0 Å². The number of hydrogen-bond acceptors (Lipinski definition) is 5. The maximum Gasteiger partial charge on any atom is 0.253 e. The molecule has 0 aliphatic heterocycles. The van der Waals surface area contributed by atoms with Crippen LogP contribution in [-0.4, -0.2) is 54.1 Å². The molecule has 8 nitrogen and oxygen atoms in total. The SMILES string of the molecule is CCNC(=NCc1noc(C)n1)NCCc1cccc(C(=O)N(C)C)c1.I. The Kier molecular flexibility index (Phi) is 9.76. The molecule has 2 N–H and O–H groups in total. The molecule has 27 heavy (non-hydrogen) atoms. The summed E-state index contributed by atoms with van der Waals surface area (Å²) in [6.07, 6.45) is 0.778. The molecule has 0 spiro atoms. The lowest BCUT2D eigenvalue weighted by atomic mass is 10.1. The number of carbonyl (C=O) groups is 1. The van der Waals surface area contributed by atoms with Crippen LogP contribution in [0.25, 0.3) is 0 Å². The van der Waals surface area contributed by atoms with Gasteiger partial charge in [-0.25, -0.2) is 4.99 Å². The first-order valence-electron chi connectivity index (χ1n) is 8.61. The van der Waals surface area contributed by atoms with Crippen molar-refractivity contribution >= 4 is 35.8 Å². The Morgan fingerprint density at radius 2 is 2.07 bits per heavy atom. The van der Waals surface area contributed by atoms with E-state index >= 15 is 0 Å².